The van der Waals surface area contributed by atoms with Crippen LogP contribution in [-0.2, 0) is 0 Å². The summed E-state index contributed by atoms with van der Waals surface area (Å²) in [5.41, 5.74) is 4.95. The van der Waals surface area contributed by atoms with Gasteiger partial charge in [-0.1, -0.05) is 84.5 Å². The Kier molecular flexibility index (Phi) is 5.14. The van der Waals surface area contributed by atoms with E-state index >= 15 is 0 Å². The average molecular weight is 260 g/mol. The van der Waals surface area contributed by atoms with Crippen molar-refractivity contribution < 1.29 is 0 Å². The van der Waals surface area contributed by atoms with Crippen LogP contribution in [0.15, 0.2) is 78.9 Å². The summed E-state index contributed by atoms with van der Waals surface area (Å²) in [6.45, 7) is 4.14. The Balaban J connectivity index is 2.39. The second-order valence-electron chi connectivity index (χ2n) is 4.76. The van der Waals surface area contributed by atoms with Gasteiger partial charge in [0, 0.05) is 0 Å². The monoisotopic (exact) mass is 260 g/mol. The van der Waals surface area contributed by atoms with Crippen molar-refractivity contribution >= 4 is 11.6 Å². The normalized spacial score (nSPS) is 12.4. The molecule has 0 atom stereocenters. The molecule has 0 saturated carbocycles. The van der Waals surface area contributed by atoms with Crippen molar-refractivity contribution in [2.24, 2.45) is 0 Å². The molecule has 0 aliphatic carbocycles. The Morgan fingerprint density at radius 2 is 1.55 bits per heavy atom. The molecule has 0 nitrogen and oxygen atoms in total. The molecular weight excluding hydrogens is 240 g/mol. The lowest BCUT2D eigenvalue weighted by molar-refractivity contribution is 1.46. The zero-order valence-electron chi connectivity index (χ0n) is 12.1. The van der Waals surface area contributed by atoms with Crippen LogP contribution in [0.3, 0.4) is 0 Å². The minimum atomic E-state index is 1.22. The van der Waals surface area contributed by atoms with Crippen LogP contribution >= 0.6 is 0 Å². The number of hydrogen-bond donors (Lipinski definition) is 0. The summed E-state index contributed by atoms with van der Waals surface area (Å²) in [6, 6.07) is 19.1. The number of aryl methyl sites for hydroxylation is 1. The minimum Gasteiger partial charge on any atom is -0.0877 e. The van der Waals surface area contributed by atoms with Gasteiger partial charge in [-0.3, -0.25) is 0 Å². The van der Waals surface area contributed by atoms with Gasteiger partial charge in [0.1, 0.15) is 0 Å². The van der Waals surface area contributed by atoms with E-state index in [1.807, 2.05) is 25.1 Å². The Morgan fingerprint density at radius 3 is 2.20 bits per heavy atom. The highest BCUT2D eigenvalue weighted by molar-refractivity contribution is 5.87. The van der Waals surface area contributed by atoms with Gasteiger partial charge in [-0.25, -0.2) is 0 Å². The Morgan fingerprint density at radius 1 is 0.850 bits per heavy atom. The van der Waals surface area contributed by atoms with E-state index in [4.69, 9.17) is 0 Å². The van der Waals surface area contributed by atoms with Gasteiger partial charge in [0.15, 0.2) is 0 Å². The van der Waals surface area contributed by atoms with Gasteiger partial charge in [-0.15, -0.1) is 0 Å². The van der Waals surface area contributed by atoms with Crippen molar-refractivity contribution in [2.75, 3.05) is 0 Å². The molecular formula is C20H20. The quantitative estimate of drug-likeness (QED) is 0.491. The van der Waals surface area contributed by atoms with E-state index in [1.165, 1.54) is 22.3 Å². The third kappa shape index (κ3) is 4.10. The van der Waals surface area contributed by atoms with Crippen molar-refractivity contribution in [3.05, 3.63) is 95.6 Å². The minimum absolute atomic E-state index is 1.22. The second-order valence-corrected chi connectivity index (χ2v) is 4.76. The van der Waals surface area contributed by atoms with Crippen LogP contribution in [-0.4, -0.2) is 0 Å². The molecule has 0 amide bonds. The van der Waals surface area contributed by atoms with E-state index < -0.39 is 0 Å². The van der Waals surface area contributed by atoms with Crippen LogP contribution in [0, 0.1) is 6.92 Å². The Labute approximate surface area is 121 Å². The summed E-state index contributed by atoms with van der Waals surface area (Å²) < 4.78 is 0. The fourth-order valence-corrected chi connectivity index (χ4v) is 1.97. The highest BCUT2D eigenvalue weighted by atomic mass is 14.0. The molecule has 0 N–H and O–H groups in total. The average Bonchev–Trinajstić information content (AvgIpc) is 2.48. The van der Waals surface area contributed by atoms with E-state index in [1.54, 1.807) is 0 Å². The molecule has 0 saturated heterocycles. The molecule has 100 valence electrons. The molecule has 2 rings (SSSR count). The molecule has 0 bridgehead atoms. The SMILES string of the molecule is C\C=C/C=C\C(=C\c1ccccc1)c1ccc(C)cc1. The molecule has 0 unspecified atom stereocenters. The Hall–Kier alpha value is -2.34. The third-order valence-electron chi connectivity index (χ3n) is 3.09. The van der Waals surface area contributed by atoms with E-state index in [0.29, 0.717) is 0 Å². The van der Waals surface area contributed by atoms with Gasteiger partial charge in [0.05, 0.1) is 0 Å². The van der Waals surface area contributed by atoms with Crippen LogP contribution in [0.25, 0.3) is 11.6 Å². The number of allylic oxidation sites excluding steroid dienone is 5. The predicted octanol–water partition coefficient (Wildman–Crippen LogP) is 5.67. The lowest BCUT2D eigenvalue weighted by Gasteiger charge is -2.04. The lowest BCUT2D eigenvalue weighted by Crippen LogP contribution is -1.82. The summed E-state index contributed by atoms with van der Waals surface area (Å²) in [4.78, 5) is 0. The van der Waals surface area contributed by atoms with Crippen LogP contribution in [0.5, 0.6) is 0 Å². The van der Waals surface area contributed by atoms with Crippen LogP contribution in [0.4, 0.5) is 0 Å². The molecule has 2 aromatic rings. The van der Waals surface area contributed by atoms with Gasteiger partial charge in [-0.2, -0.15) is 0 Å². The van der Waals surface area contributed by atoms with Crippen molar-refractivity contribution in [2.45, 2.75) is 13.8 Å². The first-order valence-electron chi connectivity index (χ1n) is 6.93. The van der Waals surface area contributed by atoms with E-state index in [-0.39, 0.29) is 0 Å². The van der Waals surface area contributed by atoms with Crippen LogP contribution in [0.1, 0.15) is 23.6 Å². The van der Waals surface area contributed by atoms with Gasteiger partial charge >= 0.3 is 0 Å². The largest absolute Gasteiger partial charge is 0.0877 e. The summed E-state index contributed by atoms with van der Waals surface area (Å²) in [7, 11) is 0. The van der Waals surface area contributed by atoms with E-state index in [0.717, 1.165) is 0 Å². The first-order valence-corrected chi connectivity index (χ1v) is 6.93. The summed E-state index contributed by atoms with van der Waals surface area (Å²) in [6.07, 6.45) is 10.5. The van der Waals surface area contributed by atoms with Gasteiger partial charge in [0.25, 0.3) is 0 Å². The predicted molar refractivity (Wildman–Crippen MR) is 89.4 cm³/mol. The van der Waals surface area contributed by atoms with Crippen molar-refractivity contribution in [3.8, 4) is 0 Å². The lowest BCUT2D eigenvalue weighted by atomic mass is 10.0. The van der Waals surface area contributed by atoms with E-state index in [9.17, 15) is 0 Å². The molecule has 0 fully saturated rings. The smallest absolute Gasteiger partial charge is 0.0178 e. The molecule has 20 heavy (non-hydrogen) atoms. The number of rotatable bonds is 4. The van der Waals surface area contributed by atoms with Gasteiger partial charge in [-0.05, 0) is 36.6 Å². The highest BCUT2D eigenvalue weighted by Gasteiger charge is 1.98. The molecule has 0 radical (unpaired) electrons. The first-order chi connectivity index (χ1) is 9.79. The molecule has 0 spiro atoms. The fraction of sp³-hybridized carbons (Fsp3) is 0.100. The van der Waals surface area contributed by atoms with Gasteiger partial charge < -0.3 is 0 Å². The fourth-order valence-electron chi connectivity index (χ4n) is 1.97. The standard InChI is InChI=1S/C20H20/c1-3-4-6-11-20(16-18-9-7-5-8-10-18)19-14-12-17(2)13-15-19/h3-16H,1-2H3/b4-3-,11-6-,20-16-. The maximum atomic E-state index is 2.21. The maximum Gasteiger partial charge on any atom is -0.0178 e. The maximum absolute atomic E-state index is 2.21. The molecule has 0 aliphatic rings. The number of hydrogen-bond acceptors (Lipinski definition) is 0. The highest BCUT2D eigenvalue weighted by Crippen LogP contribution is 2.20. The second kappa shape index (κ2) is 7.30. The molecule has 2 aromatic carbocycles. The Bertz CT molecular complexity index is 611. The zero-order valence-corrected chi connectivity index (χ0v) is 12.1. The zero-order chi connectivity index (χ0) is 14.2. The van der Waals surface area contributed by atoms with Crippen LogP contribution < -0.4 is 0 Å². The first kappa shape index (κ1) is 14.1. The summed E-state index contributed by atoms with van der Waals surface area (Å²) in [5.74, 6) is 0. The van der Waals surface area contributed by atoms with Crippen molar-refractivity contribution in [1.82, 2.24) is 0 Å². The van der Waals surface area contributed by atoms with Crippen LogP contribution in [0.2, 0.25) is 0 Å². The molecule has 0 heteroatoms. The van der Waals surface area contributed by atoms with Crippen molar-refractivity contribution in [3.63, 3.8) is 0 Å². The third-order valence-corrected chi connectivity index (χ3v) is 3.09. The summed E-state index contributed by atoms with van der Waals surface area (Å²) >= 11 is 0. The molecule has 0 heterocycles. The van der Waals surface area contributed by atoms with Gasteiger partial charge in [0.2, 0.25) is 0 Å². The molecule has 0 aromatic heterocycles. The topological polar surface area (TPSA) is 0 Å². The van der Waals surface area contributed by atoms with Crippen molar-refractivity contribution in [1.29, 1.82) is 0 Å². The molecule has 0 aliphatic heterocycles. The van der Waals surface area contributed by atoms with E-state index in [2.05, 4.69) is 73.7 Å². The number of benzene rings is 2. The summed E-state index contributed by atoms with van der Waals surface area (Å²) in [5, 5.41) is 0.